The topological polar surface area (TPSA) is 70.5 Å². The fraction of sp³-hybridized carbons (Fsp3) is 0.417. The van der Waals surface area contributed by atoms with Crippen molar-refractivity contribution in [3.63, 3.8) is 0 Å². The highest BCUT2D eigenvalue weighted by atomic mass is 19.3. The van der Waals surface area contributed by atoms with Crippen LogP contribution in [-0.2, 0) is 0 Å². The summed E-state index contributed by atoms with van der Waals surface area (Å²) in [7, 11) is 0. The van der Waals surface area contributed by atoms with E-state index >= 15 is 0 Å². The van der Waals surface area contributed by atoms with Gasteiger partial charge in [-0.3, -0.25) is 4.79 Å². The highest BCUT2D eigenvalue weighted by molar-refractivity contribution is 5.95. The van der Waals surface area contributed by atoms with E-state index in [-0.39, 0.29) is 17.3 Å². The van der Waals surface area contributed by atoms with Crippen LogP contribution in [0.5, 0.6) is 0 Å². The van der Waals surface area contributed by atoms with Crippen LogP contribution in [-0.4, -0.2) is 45.9 Å². The van der Waals surface area contributed by atoms with Crippen LogP contribution in [0.1, 0.15) is 33.7 Å². The fourth-order valence-corrected chi connectivity index (χ4v) is 1.75. The molecule has 2 rings (SSSR count). The second-order valence-corrected chi connectivity index (χ2v) is 4.32. The first-order chi connectivity index (χ1) is 8.99. The molecule has 0 bridgehead atoms. The molecule has 0 aromatic carbocycles. The fourth-order valence-electron chi connectivity index (χ4n) is 1.75. The number of nitrogens with zero attached hydrogens (tertiary/aromatic N) is 2. The van der Waals surface area contributed by atoms with Crippen molar-refractivity contribution in [2.24, 2.45) is 0 Å². The lowest BCUT2D eigenvalue weighted by atomic mass is 10.2. The lowest BCUT2D eigenvalue weighted by Crippen LogP contribution is -2.37. The minimum atomic E-state index is -2.59. The first kappa shape index (κ1) is 13.4. The summed E-state index contributed by atoms with van der Waals surface area (Å²) in [5.41, 5.74) is -0.0686. The summed E-state index contributed by atoms with van der Waals surface area (Å²) in [6.07, 6.45) is -0.0408. The molecule has 0 saturated heterocycles. The summed E-state index contributed by atoms with van der Waals surface area (Å²) in [6, 6.07) is 2.34. The third kappa shape index (κ3) is 3.24. The molecular formula is C12H12F2N2O3. The molecule has 1 heterocycles. The Morgan fingerprint density at radius 1 is 1.42 bits per heavy atom. The number of carboxylic acid groups (broad SMARTS) is 1. The van der Waals surface area contributed by atoms with Crippen molar-refractivity contribution < 1.29 is 23.5 Å². The number of hydrogen-bond donors (Lipinski definition) is 1. The molecule has 0 aliphatic heterocycles. The molecule has 1 fully saturated rings. The number of carbonyl (C=O) groups excluding carboxylic acids is 1. The smallest absolute Gasteiger partial charge is 0.354 e. The molecule has 1 saturated carbocycles. The SMILES string of the molecule is O=C(O)c1ccc(C(=O)N(CC(F)F)C2CC2)cn1. The molecule has 7 heteroatoms. The van der Waals surface area contributed by atoms with E-state index in [4.69, 9.17) is 5.11 Å². The van der Waals surface area contributed by atoms with Crippen molar-refractivity contribution in [3.05, 3.63) is 29.6 Å². The predicted octanol–water partition coefficient (Wildman–Crippen LogP) is 1.65. The average Bonchev–Trinajstić information content (AvgIpc) is 3.19. The summed E-state index contributed by atoms with van der Waals surface area (Å²) in [6.45, 7) is -0.607. The van der Waals surface area contributed by atoms with Crippen LogP contribution < -0.4 is 0 Å². The number of alkyl halides is 2. The minimum Gasteiger partial charge on any atom is -0.477 e. The summed E-state index contributed by atoms with van der Waals surface area (Å²) in [4.78, 5) is 27.4. The highest BCUT2D eigenvalue weighted by Crippen LogP contribution is 2.28. The molecule has 1 amide bonds. The van der Waals surface area contributed by atoms with Crippen molar-refractivity contribution in [2.75, 3.05) is 6.54 Å². The zero-order chi connectivity index (χ0) is 14.0. The van der Waals surface area contributed by atoms with E-state index in [9.17, 15) is 18.4 Å². The maximum atomic E-state index is 12.4. The van der Waals surface area contributed by atoms with Gasteiger partial charge in [0.1, 0.15) is 5.69 Å². The third-order valence-electron chi connectivity index (χ3n) is 2.81. The highest BCUT2D eigenvalue weighted by Gasteiger charge is 2.34. The number of carboxylic acids is 1. The minimum absolute atomic E-state index is 0.123. The Labute approximate surface area is 107 Å². The molecule has 1 aromatic heterocycles. The lowest BCUT2D eigenvalue weighted by molar-refractivity contribution is 0.0533. The van der Waals surface area contributed by atoms with Crippen molar-refractivity contribution in [3.8, 4) is 0 Å². The number of hydrogen-bond acceptors (Lipinski definition) is 3. The molecular weight excluding hydrogens is 258 g/mol. The number of halogens is 2. The Balaban J connectivity index is 2.14. The maximum absolute atomic E-state index is 12.4. The van der Waals surface area contributed by atoms with Gasteiger partial charge >= 0.3 is 5.97 Å². The van der Waals surface area contributed by atoms with Gasteiger partial charge in [0.25, 0.3) is 12.3 Å². The first-order valence-corrected chi connectivity index (χ1v) is 5.77. The number of pyridine rings is 1. The van der Waals surface area contributed by atoms with E-state index in [0.717, 1.165) is 23.9 Å². The maximum Gasteiger partial charge on any atom is 0.354 e. The van der Waals surface area contributed by atoms with Gasteiger partial charge in [-0.05, 0) is 25.0 Å². The molecule has 0 spiro atoms. The van der Waals surface area contributed by atoms with Crippen LogP contribution in [0.15, 0.2) is 18.3 Å². The molecule has 1 aliphatic carbocycles. The van der Waals surface area contributed by atoms with Crippen molar-refractivity contribution in [1.82, 2.24) is 9.88 Å². The van der Waals surface area contributed by atoms with E-state index < -0.39 is 24.8 Å². The largest absolute Gasteiger partial charge is 0.477 e. The number of aromatic carboxylic acids is 1. The monoisotopic (exact) mass is 270 g/mol. The second-order valence-electron chi connectivity index (χ2n) is 4.32. The van der Waals surface area contributed by atoms with Gasteiger partial charge in [-0.15, -0.1) is 0 Å². The summed E-state index contributed by atoms with van der Waals surface area (Å²) in [5.74, 6) is -1.74. The summed E-state index contributed by atoms with van der Waals surface area (Å²) < 4.78 is 24.9. The third-order valence-corrected chi connectivity index (χ3v) is 2.81. The van der Waals surface area contributed by atoms with E-state index in [2.05, 4.69) is 4.98 Å². The second kappa shape index (κ2) is 5.29. The Morgan fingerprint density at radius 3 is 2.53 bits per heavy atom. The molecule has 0 unspecified atom stereocenters. The van der Waals surface area contributed by atoms with Crippen molar-refractivity contribution in [1.29, 1.82) is 0 Å². The lowest BCUT2D eigenvalue weighted by Gasteiger charge is -2.21. The van der Waals surface area contributed by atoms with Gasteiger partial charge in [0, 0.05) is 12.2 Å². The summed E-state index contributed by atoms with van der Waals surface area (Å²) in [5, 5.41) is 8.68. The Morgan fingerprint density at radius 2 is 2.11 bits per heavy atom. The van der Waals surface area contributed by atoms with Gasteiger partial charge in [-0.2, -0.15) is 0 Å². The molecule has 5 nitrogen and oxygen atoms in total. The Kier molecular flexibility index (Phi) is 3.73. The molecule has 0 atom stereocenters. The number of amides is 1. The number of rotatable bonds is 5. The van der Waals surface area contributed by atoms with Crippen LogP contribution >= 0.6 is 0 Å². The zero-order valence-electron chi connectivity index (χ0n) is 9.92. The Bertz CT molecular complexity index is 486. The normalized spacial score (nSPS) is 14.5. The van der Waals surface area contributed by atoms with E-state index in [0.29, 0.717) is 0 Å². The molecule has 1 aromatic rings. The van der Waals surface area contributed by atoms with Crippen molar-refractivity contribution in [2.45, 2.75) is 25.3 Å². The van der Waals surface area contributed by atoms with Gasteiger partial charge in [0.05, 0.1) is 12.1 Å². The van der Waals surface area contributed by atoms with E-state index in [1.165, 1.54) is 12.1 Å². The first-order valence-electron chi connectivity index (χ1n) is 5.77. The molecule has 19 heavy (non-hydrogen) atoms. The van der Waals surface area contributed by atoms with Gasteiger partial charge in [0.2, 0.25) is 0 Å². The average molecular weight is 270 g/mol. The number of aromatic nitrogens is 1. The summed E-state index contributed by atoms with van der Waals surface area (Å²) >= 11 is 0. The Hall–Kier alpha value is -2.05. The predicted molar refractivity (Wildman–Crippen MR) is 61.3 cm³/mol. The van der Waals surface area contributed by atoms with Crippen LogP contribution in [0.3, 0.4) is 0 Å². The van der Waals surface area contributed by atoms with E-state index in [1.54, 1.807) is 0 Å². The zero-order valence-corrected chi connectivity index (χ0v) is 9.92. The van der Waals surface area contributed by atoms with Crippen LogP contribution in [0.2, 0.25) is 0 Å². The van der Waals surface area contributed by atoms with Gasteiger partial charge in [0.15, 0.2) is 0 Å². The quantitative estimate of drug-likeness (QED) is 0.883. The van der Waals surface area contributed by atoms with Gasteiger partial charge in [-0.1, -0.05) is 0 Å². The van der Waals surface area contributed by atoms with Gasteiger partial charge in [-0.25, -0.2) is 18.6 Å². The van der Waals surface area contributed by atoms with Crippen LogP contribution in [0.4, 0.5) is 8.78 Å². The molecule has 0 radical (unpaired) electrons. The van der Waals surface area contributed by atoms with Crippen LogP contribution in [0, 0.1) is 0 Å². The molecule has 1 N–H and O–H groups in total. The molecule has 1 aliphatic rings. The van der Waals surface area contributed by atoms with E-state index in [1.807, 2.05) is 0 Å². The van der Waals surface area contributed by atoms with Gasteiger partial charge < -0.3 is 10.0 Å². The van der Waals surface area contributed by atoms with Crippen molar-refractivity contribution >= 4 is 11.9 Å². The molecule has 102 valence electrons. The number of carbonyl (C=O) groups is 2. The van der Waals surface area contributed by atoms with Crippen LogP contribution in [0.25, 0.3) is 0 Å². The standard InChI is InChI=1S/C12H12F2N2O3/c13-10(14)6-16(8-2-3-8)11(17)7-1-4-9(12(18)19)15-5-7/h1,4-5,8,10H,2-3,6H2,(H,18,19).